The van der Waals surface area contributed by atoms with E-state index in [1.54, 1.807) is 0 Å². The van der Waals surface area contributed by atoms with E-state index in [1.807, 2.05) is 0 Å². The van der Waals surface area contributed by atoms with E-state index >= 15 is 0 Å². The van der Waals surface area contributed by atoms with Crippen molar-refractivity contribution < 1.29 is 0 Å². The SMILES string of the molecule is C#CCNC1(C#N)CCC(C(C)C)CC1. The van der Waals surface area contributed by atoms with Crippen LogP contribution in [0.3, 0.4) is 0 Å². The quantitative estimate of drug-likeness (QED) is 0.716. The van der Waals surface area contributed by atoms with E-state index in [0.29, 0.717) is 6.54 Å². The number of nitrogens with one attached hydrogen (secondary N) is 1. The van der Waals surface area contributed by atoms with E-state index < -0.39 is 0 Å². The molecule has 1 saturated carbocycles. The summed E-state index contributed by atoms with van der Waals surface area (Å²) in [4.78, 5) is 0. The standard InChI is InChI=1S/C13H20N2/c1-4-9-15-13(10-14)7-5-12(6-8-13)11(2)3/h1,11-12,15H,5-9H2,2-3H3. The van der Waals surface area contributed by atoms with Crippen LogP contribution in [0.25, 0.3) is 0 Å². The Hall–Kier alpha value is -0.990. The number of hydrogen-bond donors (Lipinski definition) is 1. The van der Waals surface area contributed by atoms with Gasteiger partial charge in [0.05, 0.1) is 12.6 Å². The van der Waals surface area contributed by atoms with Crippen LogP contribution in [0, 0.1) is 35.5 Å². The van der Waals surface area contributed by atoms with Gasteiger partial charge in [-0.2, -0.15) is 5.26 Å². The largest absolute Gasteiger partial charge is 0.288 e. The average Bonchev–Trinajstić information content (AvgIpc) is 2.27. The molecule has 1 aliphatic carbocycles. The molecule has 0 unspecified atom stereocenters. The first-order valence-electron chi connectivity index (χ1n) is 5.73. The summed E-state index contributed by atoms with van der Waals surface area (Å²) in [5.74, 6) is 4.05. The lowest BCUT2D eigenvalue weighted by Gasteiger charge is -2.36. The van der Waals surface area contributed by atoms with Crippen molar-refractivity contribution in [2.45, 2.75) is 45.1 Å². The number of terminal acetylenes is 1. The van der Waals surface area contributed by atoms with Gasteiger partial charge in [0, 0.05) is 0 Å². The summed E-state index contributed by atoms with van der Waals surface area (Å²) < 4.78 is 0. The third-order valence-electron chi connectivity index (χ3n) is 3.57. The van der Waals surface area contributed by atoms with Crippen molar-refractivity contribution >= 4 is 0 Å². The number of nitriles is 1. The van der Waals surface area contributed by atoms with E-state index in [0.717, 1.165) is 37.5 Å². The van der Waals surface area contributed by atoms with Crippen molar-refractivity contribution in [3.63, 3.8) is 0 Å². The van der Waals surface area contributed by atoms with Crippen LogP contribution in [0.4, 0.5) is 0 Å². The number of rotatable bonds is 3. The molecule has 0 atom stereocenters. The zero-order valence-electron chi connectivity index (χ0n) is 9.71. The molecule has 0 saturated heterocycles. The molecule has 0 aromatic rings. The summed E-state index contributed by atoms with van der Waals surface area (Å²) in [7, 11) is 0. The van der Waals surface area contributed by atoms with Crippen molar-refractivity contribution in [2.75, 3.05) is 6.54 Å². The van der Waals surface area contributed by atoms with E-state index in [4.69, 9.17) is 6.42 Å². The van der Waals surface area contributed by atoms with Crippen molar-refractivity contribution in [3.05, 3.63) is 0 Å². The molecule has 2 nitrogen and oxygen atoms in total. The third-order valence-corrected chi connectivity index (χ3v) is 3.57. The van der Waals surface area contributed by atoms with Gasteiger partial charge in [-0.1, -0.05) is 19.8 Å². The lowest BCUT2D eigenvalue weighted by molar-refractivity contribution is 0.204. The van der Waals surface area contributed by atoms with E-state index in [1.165, 1.54) is 0 Å². The van der Waals surface area contributed by atoms with Gasteiger partial charge in [-0.3, -0.25) is 5.32 Å². The molecule has 0 aromatic heterocycles. The van der Waals surface area contributed by atoms with Gasteiger partial charge in [-0.25, -0.2) is 0 Å². The van der Waals surface area contributed by atoms with Crippen LogP contribution in [0.15, 0.2) is 0 Å². The van der Waals surface area contributed by atoms with Crippen LogP contribution in [-0.4, -0.2) is 12.1 Å². The Balaban J connectivity index is 2.52. The minimum Gasteiger partial charge on any atom is -0.288 e. The molecule has 2 heteroatoms. The summed E-state index contributed by atoms with van der Waals surface area (Å²) >= 11 is 0. The molecule has 0 aliphatic heterocycles. The van der Waals surface area contributed by atoms with Gasteiger partial charge < -0.3 is 0 Å². The monoisotopic (exact) mass is 204 g/mol. The molecule has 1 aliphatic rings. The average molecular weight is 204 g/mol. The zero-order valence-corrected chi connectivity index (χ0v) is 9.71. The van der Waals surface area contributed by atoms with Crippen LogP contribution in [0.5, 0.6) is 0 Å². The minimum absolute atomic E-state index is 0.349. The topological polar surface area (TPSA) is 35.8 Å². The molecule has 0 radical (unpaired) electrons. The predicted molar refractivity (Wildman–Crippen MR) is 62.0 cm³/mol. The first kappa shape index (κ1) is 12.1. The highest BCUT2D eigenvalue weighted by Gasteiger charge is 2.35. The second kappa shape index (κ2) is 5.19. The van der Waals surface area contributed by atoms with Crippen LogP contribution in [0.2, 0.25) is 0 Å². The molecular weight excluding hydrogens is 184 g/mol. The Kier molecular flexibility index (Phi) is 4.18. The maximum atomic E-state index is 9.21. The van der Waals surface area contributed by atoms with E-state index in [-0.39, 0.29) is 5.54 Å². The molecule has 15 heavy (non-hydrogen) atoms. The third kappa shape index (κ3) is 2.98. The van der Waals surface area contributed by atoms with Crippen LogP contribution < -0.4 is 5.32 Å². The smallest absolute Gasteiger partial charge is 0.107 e. The van der Waals surface area contributed by atoms with Crippen molar-refractivity contribution in [3.8, 4) is 18.4 Å². The summed E-state index contributed by atoms with van der Waals surface area (Å²) in [5.41, 5.74) is -0.349. The molecule has 1 rings (SSSR count). The summed E-state index contributed by atoms with van der Waals surface area (Å²) in [6.07, 6.45) is 9.37. The van der Waals surface area contributed by atoms with Crippen LogP contribution in [-0.2, 0) is 0 Å². The molecule has 1 fully saturated rings. The molecule has 1 N–H and O–H groups in total. The Bertz CT molecular complexity index is 272. The summed E-state index contributed by atoms with van der Waals surface area (Å²) in [6, 6.07) is 2.41. The van der Waals surface area contributed by atoms with Crippen LogP contribution >= 0.6 is 0 Å². The van der Waals surface area contributed by atoms with Gasteiger partial charge in [-0.05, 0) is 37.5 Å². The molecule has 0 aromatic carbocycles. The van der Waals surface area contributed by atoms with Gasteiger partial charge in [0.15, 0.2) is 0 Å². The lowest BCUT2D eigenvalue weighted by Crippen LogP contribution is -2.47. The van der Waals surface area contributed by atoms with Crippen molar-refractivity contribution in [1.29, 1.82) is 5.26 Å². The first-order chi connectivity index (χ1) is 7.13. The second-order valence-electron chi connectivity index (χ2n) is 4.83. The zero-order chi connectivity index (χ0) is 11.3. The van der Waals surface area contributed by atoms with Gasteiger partial charge >= 0.3 is 0 Å². The molecular formula is C13H20N2. The minimum atomic E-state index is -0.349. The maximum absolute atomic E-state index is 9.21. The summed E-state index contributed by atoms with van der Waals surface area (Å²) in [5, 5.41) is 12.4. The predicted octanol–water partition coefficient (Wildman–Crippen LogP) is 2.32. The fourth-order valence-electron chi connectivity index (χ4n) is 2.35. The molecule has 0 amide bonds. The van der Waals surface area contributed by atoms with E-state index in [2.05, 4.69) is 31.2 Å². The molecule has 82 valence electrons. The highest BCUT2D eigenvalue weighted by atomic mass is 15.0. The highest BCUT2D eigenvalue weighted by Crippen LogP contribution is 2.35. The van der Waals surface area contributed by atoms with Crippen LogP contribution in [0.1, 0.15) is 39.5 Å². The van der Waals surface area contributed by atoms with Gasteiger partial charge in [0.2, 0.25) is 0 Å². The molecule has 0 heterocycles. The Morgan fingerprint density at radius 2 is 2.07 bits per heavy atom. The number of nitrogens with zero attached hydrogens (tertiary/aromatic N) is 1. The molecule has 0 bridgehead atoms. The van der Waals surface area contributed by atoms with Crippen molar-refractivity contribution in [2.24, 2.45) is 11.8 Å². The first-order valence-corrected chi connectivity index (χ1v) is 5.73. The second-order valence-corrected chi connectivity index (χ2v) is 4.83. The lowest BCUT2D eigenvalue weighted by atomic mass is 9.73. The normalized spacial score (nSPS) is 30.9. The number of hydrogen-bond acceptors (Lipinski definition) is 2. The molecule has 0 spiro atoms. The summed E-state index contributed by atoms with van der Waals surface area (Å²) in [6.45, 7) is 5.03. The van der Waals surface area contributed by atoms with Gasteiger partial charge in [-0.15, -0.1) is 6.42 Å². The highest BCUT2D eigenvalue weighted by molar-refractivity contribution is 5.11. The Morgan fingerprint density at radius 3 is 2.47 bits per heavy atom. The Labute approximate surface area is 93.1 Å². The van der Waals surface area contributed by atoms with Gasteiger partial charge in [0.1, 0.15) is 5.54 Å². The Morgan fingerprint density at radius 1 is 1.47 bits per heavy atom. The van der Waals surface area contributed by atoms with E-state index in [9.17, 15) is 5.26 Å². The van der Waals surface area contributed by atoms with Crippen molar-refractivity contribution in [1.82, 2.24) is 5.32 Å². The maximum Gasteiger partial charge on any atom is 0.107 e. The fourth-order valence-corrected chi connectivity index (χ4v) is 2.35. The fraction of sp³-hybridized carbons (Fsp3) is 0.769. The van der Waals surface area contributed by atoms with Gasteiger partial charge in [0.25, 0.3) is 0 Å².